The second-order valence-electron chi connectivity index (χ2n) is 6.23. The first-order chi connectivity index (χ1) is 13.7. The van der Waals surface area contributed by atoms with E-state index >= 15 is 0 Å². The number of methoxy groups -OCH3 is 1. The standard InChI is InChI=1S/C22H22ClN3O2/c1-28-20-5-3-2-4-17(20)12-13-24-21-11-8-18(15-25-21)22(27)26-14-16-6-9-19(23)10-7-16/h2-11,15H,12-14H2,1H3,(H,24,25)(H,26,27). The summed E-state index contributed by atoms with van der Waals surface area (Å²) in [7, 11) is 1.67. The Morgan fingerprint density at radius 3 is 2.57 bits per heavy atom. The molecule has 0 aliphatic heterocycles. The minimum absolute atomic E-state index is 0.164. The summed E-state index contributed by atoms with van der Waals surface area (Å²) in [6, 6.07) is 18.9. The lowest BCUT2D eigenvalue weighted by Gasteiger charge is -2.10. The van der Waals surface area contributed by atoms with Crippen molar-refractivity contribution in [3.05, 3.63) is 88.6 Å². The normalized spacial score (nSPS) is 10.4. The molecule has 1 amide bonds. The molecule has 0 saturated heterocycles. The topological polar surface area (TPSA) is 63.2 Å². The zero-order valence-electron chi connectivity index (χ0n) is 15.6. The zero-order chi connectivity index (χ0) is 19.8. The van der Waals surface area contributed by atoms with E-state index in [1.54, 1.807) is 37.6 Å². The Balaban J connectivity index is 1.48. The Morgan fingerprint density at radius 2 is 1.86 bits per heavy atom. The van der Waals surface area contributed by atoms with Gasteiger partial charge in [0.25, 0.3) is 5.91 Å². The summed E-state index contributed by atoms with van der Waals surface area (Å²) in [5, 5.41) is 6.81. The summed E-state index contributed by atoms with van der Waals surface area (Å²) in [5.74, 6) is 1.44. The molecule has 28 heavy (non-hydrogen) atoms. The van der Waals surface area contributed by atoms with Gasteiger partial charge in [-0.15, -0.1) is 0 Å². The van der Waals surface area contributed by atoms with Gasteiger partial charge in [0, 0.05) is 24.3 Å². The highest BCUT2D eigenvalue weighted by atomic mass is 35.5. The molecule has 1 heterocycles. The number of nitrogens with zero attached hydrogens (tertiary/aromatic N) is 1. The number of ether oxygens (including phenoxy) is 1. The first-order valence-electron chi connectivity index (χ1n) is 9.00. The van der Waals surface area contributed by atoms with Crippen molar-refractivity contribution in [1.82, 2.24) is 10.3 Å². The maximum atomic E-state index is 12.3. The lowest BCUT2D eigenvalue weighted by atomic mass is 10.1. The van der Waals surface area contributed by atoms with Crippen molar-refractivity contribution < 1.29 is 9.53 Å². The second-order valence-corrected chi connectivity index (χ2v) is 6.67. The molecular formula is C22H22ClN3O2. The number of carbonyl (C=O) groups is 1. The third-order valence-corrected chi connectivity index (χ3v) is 4.54. The lowest BCUT2D eigenvalue weighted by molar-refractivity contribution is 0.0950. The van der Waals surface area contributed by atoms with E-state index in [0.717, 1.165) is 35.7 Å². The fraction of sp³-hybridized carbons (Fsp3) is 0.182. The molecule has 3 rings (SSSR count). The van der Waals surface area contributed by atoms with Gasteiger partial charge in [0.2, 0.25) is 0 Å². The summed E-state index contributed by atoms with van der Waals surface area (Å²) < 4.78 is 5.36. The maximum Gasteiger partial charge on any atom is 0.253 e. The second kappa shape index (κ2) is 9.76. The summed E-state index contributed by atoms with van der Waals surface area (Å²) >= 11 is 5.86. The number of hydrogen-bond acceptors (Lipinski definition) is 4. The molecule has 1 aromatic heterocycles. The van der Waals surface area contributed by atoms with Crippen LogP contribution in [0.15, 0.2) is 66.9 Å². The van der Waals surface area contributed by atoms with E-state index in [2.05, 4.69) is 15.6 Å². The Bertz CT molecular complexity index is 912. The third kappa shape index (κ3) is 5.47. The molecule has 0 radical (unpaired) electrons. The van der Waals surface area contributed by atoms with Gasteiger partial charge in [0.05, 0.1) is 12.7 Å². The Morgan fingerprint density at radius 1 is 1.07 bits per heavy atom. The number of aromatic nitrogens is 1. The van der Waals surface area contributed by atoms with Crippen molar-refractivity contribution >= 4 is 23.3 Å². The third-order valence-electron chi connectivity index (χ3n) is 4.28. The van der Waals surface area contributed by atoms with E-state index in [9.17, 15) is 4.79 Å². The van der Waals surface area contributed by atoms with Crippen molar-refractivity contribution in [2.75, 3.05) is 19.0 Å². The van der Waals surface area contributed by atoms with E-state index in [1.807, 2.05) is 36.4 Å². The van der Waals surface area contributed by atoms with Crippen LogP contribution in [0.3, 0.4) is 0 Å². The number of amides is 1. The number of hydrogen-bond donors (Lipinski definition) is 2. The monoisotopic (exact) mass is 395 g/mol. The number of para-hydroxylation sites is 1. The summed E-state index contributed by atoms with van der Waals surface area (Å²) in [4.78, 5) is 16.6. The van der Waals surface area contributed by atoms with E-state index < -0.39 is 0 Å². The molecule has 0 saturated carbocycles. The maximum absolute atomic E-state index is 12.3. The molecule has 5 nitrogen and oxygen atoms in total. The van der Waals surface area contributed by atoms with Gasteiger partial charge >= 0.3 is 0 Å². The first kappa shape index (κ1) is 19.7. The van der Waals surface area contributed by atoms with Gasteiger partial charge in [0.15, 0.2) is 0 Å². The van der Waals surface area contributed by atoms with Gasteiger partial charge in [-0.2, -0.15) is 0 Å². The Hall–Kier alpha value is -3.05. The van der Waals surface area contributed by atoms with E-state index in [0.29, 0.717) is 17.1 Å². The van der Waals surface area contributed by atoms with Crippen molar-refractivity contribution in [3.63, 3.8) is 0 Å². The SMILES string of the molecule is COc1ccccc1CCNc1ccc(C(=O)NCc2ccc(Cl)cc2)cn1. The van der Waals surface area contributed by atoms with Crippen LogP contribution < -0.4 is 15.4 Å². The van der Waals surface area contributed by atoms with Crippen LogP contribution in [-0.4, -0.2) is 24.5 Å². The fourth-order valence-electron chi connectivity index (χ4n) is 2.75. The molecule has 144 valence electrons. The molecule has 6 heteroatoms. The molecule has 3 aromatic rings. The van der Waals surface area contributed by atoms with E-state index in [-0.39, 0.29) is 5.91 Å². The largest absolute Gasteiger partial charge is 0.496 e. The average molecular weight is 396 g/mol. The van der Waals surface area contributed by atoms with Crippen molar-refractivity contribution in [3.8, 4) is 5.75 Å². The molecular weight excluding hydrogens is 374 g/mol. The van der Waals surface area contributed by atoms with Crippen molar-refractivity contribution in [2.24, 2.45) is 0 Å². The Kier molecular flexibility index (Phi) is 6.87. The number of carbonyl (C=O) groups excluding carboxylic acids is 1. The quantitative estimate of drug-likeness (QED) is 0.596. The van der Waals surface area contributed by atoms with Crippen molar-refractivity contribution in [1.29, 1.82) is 0 Å². The highest BCUT2D eigenvalue weighted by molar-refractivity contribution is 6.30. The van der Waals surface area contributed by atoms with Gasteiger partial charge in [-0.1, -0.05) is 41.9 Å². The Labute approximate surface area is 169 Å². The first-order valence-corrected chi connectivity index (χ1v) is 9.38. The summed E-state index contributed by atoms with van der Waals surface area (Å²) in [6.45, 7) is 1.16. The number of anilines is 1. The number of halogens is 1. The minimum Gasteiger partial charge on any atom is -0.496 e. The number of nitrogens with one attached hydrogen (secondary N) is 2. The highest BCUT2D eigenvalue weighted by Gasteiger charge is 2.07. The summed E-state index contributed by atoms with van der Waals surface area (Å²) in [6.07, 6.45) is 2.39. The molecule has 0 atom stereocenters. The van der Waals surface area contributed by atoms with Gasteiger partial charge in [-0.25, -0.2) is 4.98 Å². The van der Waals surface area contributed by atoms with E-state index in [4.69, 9.17) is 16.3 Å². The van der Waals surface area contributed by atoms with Crippen LogP contribution in [0.5, 0.6) is 5.75 Å². The molecule has 2 aromatic carbocycles. The van der Waals surface area contributed by atoms with Crippen LogP contribution in [0.1, 0.15) is 21.5 Å². The molecule has 0 fully saturated rings. The number of rotatable bonds is 8. The molecule has 0 spiro atoms. The van der Waals surface area contributed by atoms with E-state index in [1.165, 1.54) is 0 Å². The van der Waals surface area contributed by atoms with Crippen LogP contribution in [0, 0.1) is 0 Å². The smallest absolute Gasteiger partial charge is 0.253 e. The predicted molar refractivity (Wildman–Crippen MR) is 112 cm³/mol. The summed E-state index contributed by atoms with van der Waals surface area (Å²) in [5.41, 5.74) is 2.64. The van der Waals surface area contributed by atoms with Crippen molar-refractivity contribution in [2.45, 2.75) is 13.0 Å². The average Bonchev–Trinajstić information content (AvgIpc) is 2.74. The molecule has 0 unspecified atom stereocenters. The molecule has 0 aliphatic carbocycles. The molecule has 0 aliphatic rings. The highest BCUT2D eigenvalue weighted by Crippen LogP contribution is 2.17. The van der Waals surface area contributed by atoms with Crippen LogP contribution >= 0.6 is 11.6 Å². The fourth-order valence-corrected chi connectivity index (χ4v) is 2.88. The van der Waals surface area contributed by atoms with Gasteiger partial charge in [-0.05, 0) is 47.9 Å². The molecule has 2 N–H and O–H groups in total. The van der Waals surface area contributed by atoms with Gasteiger partial charge < -0.3 is 15.4 Å². The predicted octanol–water partition coefficient (Wildman–Crippen LogP) is 4.33. The van der Waals surface area contributed by atoms with Crippen LogP contribution in [0.25, 0.3) is 0 Å². The van der Waals surface area contributed by atoms with Gasteiger partial charge in [-0.3, -0.25) is 4.79 Å². The molecule has 0 bridgehead atoms. The zero-order valence-corrected chi connectivity index (χ0v) is 16.4. The minimum atomic E-state index is -0.164. The van der Waals surface area contributed by atoms with Crippen LogP contribution in [-0.2, 0) is 13.0 Å². The van der Waals surface area contributed by atoms with Crippen LogP contribution in [0.2, 0.25) is 5.02 Å². The lowest BCUT2D eigenvalue weighted by Crippen LogP contribution is -2.23. The van der Waals surface area contributed by atoms with Gasteiger partial charge in [0.1, 0.15) is 11.6 Å². The number of benzene rings is 2. The number of pyridine rings is 1. The van der Waals surface area contributed by atoms with Crippen LogP contribution in [0.4, 0.5) is 5.82 Å².